The van der Waals surface area contributed by atoms with Crippen LogP contribution in [0.2, 0.25) is 0 Å². The Kier molecular flexibility index (Phi) is 3.14. The molecule has 5 heteroatoms. The van der Waals surface area contributed by atoms with E-state index >= 15 is 0 Å². The van der Waals surface area contributed by atoms with Gasteiger partial charge in [0.1, 0.15) is 0 Å². The van der Waals surface area contributed by atoms with Crippen LogP contribution < -0.4 is 10.6 Å². The number of hydrogen-bond donors (Lipinski definition) is 2. The number of rotatable bonds is 3. The molecule has 0 spiro atoms. The van der Waals surface area contributed by atoms with Crippen LogP contribution in [0.5, 0.6) is 0 Å². The van der Waals surface area contributed by atoms with Gasteiger partial charge in [-0.15, -0.1) is 0 Å². The standard InChI is InChI=1S/C12H18N2O2S/c1-12(7-8-13-9-12)14-10-3-5-11(6-4-10)17(2,15)16/h3-6,13-14H,7-9H2,1-2H3. The Labute approximate surface area is 102 Å². The van der Waals surface area contributed by atoms with Crippen molar-refractivity contribution in [2.45, 2.75) is 23.8 Å². The van der Waals surface area contributed by atoms with Gasteiger partial charge in [0.25, 0.3) is 0 Å². The van der Waals surface area contributed by atoms with Crippen molar-refractivity contribution in [1.82, 2.24) is 5.32 Å². The zero-order valence-electron chi connectivity index (χ0n) is 10.2. The van der Waals surface area contributed by atoms with E-state index in [1.165, 1.54) is 6.26 Å². The predicted octanol–water partition coefficient (Wildman–Crippen LogP) is 1.25. The summed E-state index contributed by atoms with van der Waals surface area (Å²) in [5.41, 5.74) is 1.02. The summed E-state index contributed by atoms with van der Waals surface area (Å²) in [6.07, 6.45) is 2.29. The van der Waals surface area contributed by atoms with Crippen LogP contribution in [0.4, 0.5) is 5.69 Å². The smallest absolute Gasteiger partial charge is 0.175 e. The van der Waals surface area contributed by atoms with Gasteiger partial charge in [-0.2, -0.15) is 0 Å². The first-order chi connectivity index (χ1) is 7.89. The summed E-state index contributed by atoms with van der Waals surface area (Å²) in [7, 11) is -3.10. The molecule has 1 saturated heterocycles. The van der Waals surface area contributed by atoms with E-state index in [-0.39, 0.29) is 5.54 Å². The average molecular weight is 254 g/mol. The maximum atomic E-state index is 11.3. The molecule has 4 nitrogen and oxygen atoms in total. The summed E-state index contributed by atoms with van der Waals surface area (Å²) in [5, 5.41) is 6.75. The minimum atomic E-state index is -3.10. The van der Waals surface area contributed by atoms with Crippen molar-refractivity contribution in [3.8, 4) is 0 Å². The van der Waals surface area contributed by atoms with Crippen LogP contribution in [-0.2, 0) is 9.84 Å². The van der Waals surface area contributed by atoms with Crippen LogP contribution in [-0.4, -0.2) is 33.3 Å². The van der Waals surface area contributed by atoms with Gasteiger partial charge in [-0.25, -0.2) is 8.42 Å². The largest absolute Gasteiger partial charge is 0.379 e. The lowest BCUT2D eigenvalue weighted by Gasteiger charge is -2.25. The topological polar surface area (TPSA) is 58.2 Å². The summed E-state index contributed by atoms with van der Waals surface area (Å²) in [6.45, 7) is 4.11. The van der Waals surface area contributed by atoms with Crippen molar-refractivity contribution in [2.75, 3.05) is 24.7 Å². The van der Waals surface area contributed by atoms with Crippen LogP contribution in [0.25, 0.3) is 0 Å². The van der Waals surface area contributed by atoms with Gasteiger partial charge in [-0.05, 0) is 44.2 Å². The van der Waals surface area contributed by atoms with Gasteiger partial charge in [-0.1, -0.05) is 0 Å². The highest BCUT2D eigenvalue weighted by Crippen LogP contribution is 2.22. The van der Waals surface area contributed by atoms with E-state index in [0.29, 0.717) is 4.90 Å². The first-order valence-electron chi connectivity index (χ1n) is 5.68. The predicted molar refractivity (Wildman–Crippen MR) is 69.1 cm³/mol. The number of hydrogen-bond acceptors (Lipinski definition) is 4. The van der Waals surface area contributed by atoms with Crippen LogP contribution in [0.1, 0.15) is 13.3 Å². The van der Waals surface area contributed by atoms with Gasteiger partial charge in [-0.3, -0.25) is 0 Å². The van der Waals surface area contributed by atoms with E-state index in [4.69, 9.17) is 0 Å². The van der Waals surface area contributed by atoms with Crippen molar-refractivity contribution in [2.24, 2.45) is 0 Å². The van der Waals surface area contributed by atoms with E-state index < -0.39 is 9.84 Å². The first kappa shape index (κ1) is 12.4. The Morgan fingerprint density at radius 1 is 1.29 bits per heavy atom. The SMILES string of the molecule is CC1(Nc2ccc(S(C)(=O)=O)cc2)CCNC1. The molecule has 1 heterocycles. The van der Waals surface area contributed by atoms with Gasteiger partial charge in [0.2, 0.25) is 0 Å². The van der Waals surface area contributed by atoms with Gasteiger partial charge in [0.05, 0.1) is 4.90 Å². The fourth-order valence-electron chi connectivity index (χ4n) is 2.06. The van der Waals surface area contributed by atoms with Crippen molar-refractivity contribution in [3.05, 3.63) is 24.3 Å². The number of anilines is 1. The second kappa shape index (κ2) is 4.31. The molecular formula is C12H18N2O2S. The molecule has 1 aromatic rings. The summed E-state index contributed by atoms with van der Waals surface area (Å²) >= 11 is 0. The fourth-order valence-corrected chi connectivity index (χ4v) is 2.69. The molecule has 1 aromatic carbocycles. The van der Waals surface area contributed by atoms with Crippen molar-refractivity contribution < 1.29 is 8.42 Å². The summed E-state index contributed by atoms with van der Waals surface area (Å²) in [6, 6.07) is 6.92. The third kappa shape index (κ3) is 2.98. The molecule has 0 aliphatic carbocycles. The minimum absolute atomic E-state index is 0.0621. The molecule has 0 saturated carbocycles. The zero-order valence-corrected chi connectivity index (χ0v) is 11.0. The van der Waals surface area contributed by atoms with Crippen molar-refractivity contribution >= 4 is 15.5 Å². The third-order valence-corrected chi connectivity index (χ3v) is 4.23. The lowest BCUT2D eigenvalue weighted by Crippen LogP contribution is -2.36. The lowest BCUT2D eigenvalue weighted by molar-refractivity contribution is 0.567. The van der Waals surface area contributed by atoms with Crippen LogP contribution in [0.3, 0.4) is 0 Å². The Morgan fingerprint density at radius 2 is 1.94 bits per heavy atom. The molecule has 1 aliphatic heterocycles. The fraction of sp³-hybridized carbons (Fsp3) is 0.500. The molecule has 1 atom stereocenters. The van der Waals surface area contributed by atoms with Crippen molar-refractivity contribution in [1.29, 1.82) is 0 Å². The molecule has 1 aliphatic rings. The number of nitrogens with one attached hydrogen (secondary N) is 2. The minimum Gasteiger partial charge on any atom is -0.379 e. The highest BCUT2D eigenvalue weighted by molar-refractivity contribution is 7.90. The molecule has 0 aromatic heterocycles. The lowest BCUT2D eigenvalue weighted by atomic mass is 10.0. The molecule has 17 heavy (non-hydrogen) atoms. The van der Waals surface area contributed by atoms with Gasteiger partial charge < -0.3 is 10.6 Å². The summed E-state index contributed by atoms with van der Waals surface area (Å²) in [4.78, 5) is 0.359. The Bertz CT molecular complexity index is 488. The molecule has 0 radical (unpaired) electrons. The summed E-state index contributed by atoms with van der Waals surface area (Å²) in [5.74, 6) is 0. The Balaban J connectivity index is 2.13. The summed E-state index contributed by atoms with van der Waals surface area (Å²) < 4.78 is 22.6. The van der Waals surface area contributed by atoms with E-state index in [0.717, 1.165) is 25.2 Å². The number of sulfone groups is 1. The molecule has 1 fully saturated rings. The molecule has 2 rings (SSSR count). The van der Waals surface area contributed by atoms with Crippen LogP contribution >= 0.6 is 0 Å². The van der Waals surface area contributed by atoms with Gasteiger partial charge in [0.15, 0.2) is 9.84 Å². The Morgan fingerprint density at radius 3 is 2.41 bits per heavy atom. The molecular weight excluding hydrogens is 236 g/mol. The van der Waals surface area contributed by atoms with Crippen LogP contribution in [0, 0.1) is 0 Å². The highest BCUT2D eigenvalue weighted by atomic mass is 32.2. The van der Waals surface area contributed by atoms with E-state index in [1.54, 1.807) is 12.1 Å². The van der Waals surface area contributed by atoms with Gasteiger partial charge >= 0.3 is 0 Å². The average Bonchev–Trinajstić information content (AvgIpc) is 2.64. The van der Waals surface area contributed by atoms with Gasteiger partial charge in [0, 0.05) is 24.0 Å². The molecule has 0 amide bonds. The normalized spacial score (nSPS) is 24.8. The second-order valence-corrected chi connectivity index (χ2v) is 6.92. The molecule has 94 valence electrons. The van der Waals surface area contributed by atoms with E-state index in [1.807, 2.05) is 12.1 Å². The molecule has 1 unspecified atom stereocenters. The monoisotopic (exact) mass is 254 g/mol. The zero-order chi connectivity index (χ0) is 12.5. The molecule has 0 bridgehead atoms. The highest BCUT2D eigenvalue weighted by Gasteiger charge is 2.27. The Hall–Kier alpha value is -1.07. The maximum absolute atomic E-state index is 11.3. The maximum Gasteiger partial charge on any atom is 0.175 e. The number of benzene rings is 1. The quantitative estimate of drug-likeness (QED) is 0.852. The first-order valence-corrected chi connectivity index (χ1v) is 7.57. The van der Waals surface area contributed by atoms with E-state index in [9.17, 15) is 8.42 Å². The molecule has 2 N–H and O–H groups in total. The van der Waals surface area contributed by atoms with Crippen molar-refractivity contribution in [3.63, 3.8) is 0 Å². The van der Waals surface area contributed by atoms with Crippen LogP contribution in [0.15, 0.2) is 29.2 Å². The third-order valence-electron chi connectivity index (χ3n) is 3.10. The van der Waals surface area contributed by atoms with E-state index in [2.05, 4.69) is 17.6 Å². The second-order valence-electron chi connectivity index (χ2n) is 4.91.